The summed E-state index contributed by atoms with van der Waals surface area (Å²) in [6.07, 6.45) is 0.691. The van der Waals surface area contributed by atoms with Crippen molar-refractivity contribution in [2.75, 3.05) is 17.2 Å². The Bertz CT molecular complexity index is 1010. The molecule has 0 aliphatic carbocycles. The minimum absolute atomic E-state index is 0.155. The lowest BCUT2D eigenvalue weighted by atomic mass is 9.99. The van der Waals surface area contributed by atoms with Gasteiger partial charge in [0.05, 0.1) is 5.57 Å². The molecule has 1 aliphatic rings. The number of hydrogen-bond acceptors (Lipinski definition) is 4. The van der Waals surface area contributed by atoms with E-state index < -0.39 is 0 Å². The van der Waals surface area contributed by atoms with Crippen LogP contribution in [0.4, 0.5) is 11.4 Å². The van der Waals surface area contributed by atoms with E-state index in [-0.39, 0.29) is 23.4 Å². The summed E-state index contributed by atoms with van der Waals surface area (Å²) in [7, 11) is 0. The Labute approximate surface area is 170 Å². The largest absolute Gasteiger partial charge is 0.350 e. The van der Waals surface area contributed by atoms with Crippen molar-refractivity contribution in [1.82, 2.24) is 4.90 Å². The Morgan fingerprint density at radius 3 is 2.17 bits per heavy atom. The molecule has 0 saturated carbocycles. The summed E-state index contributed by atoms with van der Waals surface area (Å²) in [5.74, 6) is -0.759. The lowest BCUT2D eigenvalue weighted by molar-refractivity contribution is -0.136. The van der Waals surface area contributed by atoms with Crippen LogP contribution in [0.25, 0.3) is 5.57 Å². The Balaban J connectivity index is 2.00. The van der Waals surface area contributed by atoms with Crippen molar-refractivity contribution in [1.29, 1.82) is 0 Å². The first-order chi connectivity index (χ1) is 13.8. The molecule has 0 radical (unpaired) electrons. The van der Waals surface area contributed by atoms with Crippen LogP contribution in [-0.4, -0.2) is 29.2 Å². The van der Waals surface area contributed by atoms with Crippen LogP contribution in [0.3, 0.4) is 0 Å². The zero-order chi connectivity index (χ0) is 21.1. The summed E-state index contributed by atoms with van der Waals surface area (Å²) < 4.78 is 0. The number of carbonyl (C=O) groups is 3. The molecule has 3 rings (SSSR count). The lowest BCUT2D eigenvalue weighted by Gasteiger charge is -2.14. The molecule has 0 unspecified atom stereocenters. The number of nitrogens with zero attached hydrogens (tertiary/aromatic N) is 1. The van der Waals surface area contributed by atoms with Gasteiger partial charge in [0.25, 0.3) is 11.8 Å². The SMILES string of the molecule is CCCN1C(=O)C(Nc2ccc(NC(C)=O)cc2)=C(c2ccc(C)c(C)c2)C1=O. The van der Waals surface area contributed by atoms with Crippen LogP contribution in [0.1, 0.15) is 37.0 Å². The fourth-order valence-corrected chi connectivity index (χ4v) is 3.27. The molecule has 150 valence electrons. The maximum atomic E-state index is 13.0. The fraction of sp³-hybridized carbons (Fsp3) is 0.261. The average molecular weight is 391 g/mol. The second-order valence-electron chi connectivity index (χ2n) is 7.19. The number of nitrogens with one attached hydrogen (secondary N) is 2. The van der Waals surface area contributed by atoms with Gasteiger partial charge in [0.1, 0.15) is 5.70 Å². The van der Waals surface area contributed by atoms with Crippen molar-refractivity contribution in [2.24, 2.45) is 0 Å². The third kappa shape index (κ3) is 4.21. The molecule has 3 amide bonds. The first kappa shape index (κ1) is 20.3. The predicted octanol–water partition coefficient (Wildman–Crippen LogP) is 3.86. The van der Waals surface area contributed by atoms with Crippen molar-refractivity contribution in [2.45, 2.75) is 34.1 Å². The quantitative estimate of drug-likeness (QED) is 0.733. The minimum atomic E-state index is -0.323. The molecule has 0 saturated heterocycles. The van der Waals surface area contributed by atoms with Crippen molar-refractivity contribution in [3.63, 3.8) is 0 Å². The molecule has 29 heavy (non-hydrogen) atoms. The number of hydrogen-bond donors (Lipinski definition) is 2. The number of imide groups is 1. The molecule has 2 aromatic rings. The Hall–Kier alpha value is -3.41. The van der Waals surface area contributed by atoms with Gasteiger partial charge in [-0.25, -0.2) is 0 Å². The summed E-state index contributed by atoms with van der Waals surface area (Å²) in [6, 6.07) is 12.8. The van der Waals surface area contributed by atoms with Gasteiger partial charge in [-0.05, 0) is 61.2 Å². The highest BCUT2D eigenvalue weighted by molar-refractivity contribution is 6.36. The van der Waals surface area contributed by atoms with E-state index in [0.29, 0.717) is 29.9 Å². The second-order valence-corrected chi connectivity index (χ2v) is 7.19. The number of carbonyl (C=O) groups excluding carboxylic acids is 3. The molecular formula is C23H25N3O3. The van der Waals surface area contributed by atoms with E-state index in [1.54, 1.807) is 24.3 Å². The van der Waals surface area contributed by atoms with Crippen LogP contribution in [0.2, 0.25) is 0 Å². The van der Waals surface area contributed by atoms with Crippen LogP contribution in [0.15, 0.2) is 48.2 Å². The summed E-state index contributed by atoms with van der Waals surface area (Å²) in [4.78, 5) is 38.5. The summed E-state index contributed by atoms with van der Waals surface area (Å²) in [5, 5.41) is 5.83. The van der Waals surface area contributed by atoms with Crippen molar-refractivity contribution < 1.29 is 14.4 Å². The molecule has 2 aromatic carbocycles. The third-order valence-electron chi connectivity index (χ3n) is 4.89. The highest BCUT2D eigenvalue weighted by Gasteiger charge is 2.38. The zero-order valence-electron chi connectivity index (χ0n) is 17.1. The van der Waals surface area contributed by atoms with Gasteiger partial charge < -0.3 is 10.6 Å². The molecule has 0 spiro atoms. The standard InChI is InChI=1S/C23H25N3O3/c1-5-12-26-22(28)20(17-7-6-14(2)15(3)13-17)21(23(26)29)25-19-10-8-18(9-11-19)24-16(4)27/h6-11,13,25H,5,12H2,1-4H3,(H,24,27). The van der Waals surface area contributed by atoms with E-state index >= 15 is 0 Å². The molecule has 0 aromatic heterocycles. The van der Waals surface area contributed by atoms with Crippen molar-refractivity contribution in [3.05, 3.63) is 64.9 Å². The van der Waals surface area contributed by atoms with Crippen LogP contribution in [-0.2, 0) is 14.4 Å². The number of amides is 3. The van der Waals surface area contributed by atoms with Gasteiger partial charge in [0, 0.05) is 24.8 Å². The van der Waals surface area contributed by atoms with E-state index in [2.05, 4.69) is 10.6 Å². The Morgan fingerprint density at radius 1 is 0.931 bits per heavy atom. The van der Waals surface area contributed by atoms with Crippen LogP contribution in [0.5, 0.6) is 0 Å². The normalized spacial score (nSPS) is 13.9. The molecule has 0 bridgehead atoms. The molecule has 6 nitrogen and oxygen atoms in total. The topological polar surface area (TPSA) is 78.5 Å². The van der Waals surface area contributed by atoms with E-state index in [0.717, 1.165) is 16.7 Å². The smallest absolute Gasteiger partial charge is 0.278 e. The second kappa shape index (κ2) is 8.31. The van der Waals surface area contributed by atoms with Crippen molar-refractivity contribution >= 4 is 34.7 Å². The van der Waals surface area contributed by atoms with Crippen LogP contribution >= 0.6 is 0 Å². The first-order valence-corrected chi connectivity index (χ1v) is 9.64. The Kier molecular flexibility index (Phi) is 5.82. The van der Waals surface area contributed by atoms with E-state index in [4.69, 9.17) is 0 Å². The van der Waals surface area contributed by atoms with Crippen LogP contribution in [0, 0.1) is 13.8 Å². The maximum absolute atomic E-state index is 13.0. The van der Waals surface area contributed by atoms with Gasteiger partial charge in [-0.15, -0.1) is 0 Å². The van der Waals surface area contributed by atoms with Gasteiger partial charge in [-0.2, -0.15) is 0 Å². The number of anilines is 2. The van der Waals surface area contributed by atoms with Gasteiger partial charge in [-0.1, -0.05) is 25.1 Å². The molecule has 1 aliphatic heterocycles. The molecule has 1 heterocycles. The average Bonchev–Trinajstić information content (AvgIpc) is 2.90. The summed E-state index contributed by atoms with van der Waals surface area (Å²) in [5.41, 5.74) is 4.89. The van der Waals surface area contributed by atoms with Crippen molar-refractivity contribution in [3.8, 4) is 0 Å². The molecule has 6 heteroatoms. The predicted molar refractivity (Wildman–Crippen MR) is 114 cm³/mol. The summed E-state index contributed by atoms with van der Waals surface area (Å²) in [6.45, 7) is 7.74. The Morgan fingerprint density at radius 2 is 1.59 bits per heavy atom. The van der Waals surface area contributed by atoms with E-state index in [1.807, 2.05) is 39.0 Å². The molecule has 0 fully saturated rings. The van der Waals surface area contributed by atoms with Gasteiger partial charge in [0.2, 0.25) is 5.91 Å². The first-order valence-electron chi connectivity index (χ1n) is 9.64. The zero-order valence-corrected chi connectivity index (χ0v) is 17.1. The molecule has 2 N–H and O–H groups in total. The summed E-state index contributed by atoms with van der Waals surface area (Å²) >= 11 is 0. The molecule has 0 atom stereocenters. The maximum Gasteiger partial charge on any atom is 0.278 e. The molecular weight excluding hydrogens is 366 g/mol. The highest BCUT2D eigenvalue weighted by Crippen LogP contribution is 2.31. The van der Waals surface area contributed by atoms with Crippen LogP contribution < -0.4 is 10.6 Å². The van der Waals surface area contributed by atoms with Gasteiger partial charge in [-0.3, -0.25) is 19.3 Å². The number of aryl methyl sites for hydroxylation is 2. The number of rotatable bonds is 6. The number of benzene rings is 2. The van der Waals surface area contributed by atoms with E-state index in [9.17, 15) is 14.4 Å². The van der Waals surface area contributed by atoms with E-state index in [1.165, 1.54) is 11.8 Å². The van der Waals surface area contributed by atoms with Gasteiger partial charge in [0.15, 0.2) is 0 Å². The highest BCUT2D eigenvalue weighted by atomic mass is 16.2. The van der Waals surface area contributed by atoms with Gasteiger partial charge >= 0.3 is 0 Å². The third-order valence-corrected chi connectivity index (χ3v) is 4.89. The fourth-order valence-electron chi connectivity index (χ4n) is 3.27. The minimum Gasteiger partial charge on any atom is -0.350 e. The monoisotopic (exact) mass is 391 g/mol. The lowest BCUT2D eigenvalue weighted by Crippen LogP contribution is -2.33.